The molecule has 0 amide bonds. The third-order valence-corrected chi connectivity index (χ3v) is 2.45. The smallest absolute Gasteiger partial charge is 0.0934 e. The van der Waals surface area contributed by atoms with Crippen LogP contribution in [-0.4, -0.2) is 19.8 Å². The molecule has 11 heavy (non-hydrogen) atoms. The fourth-order valence-electron chi connectivity index (χ4n) is 1.88. The molecule has 66 valence electrons. The van der Waals surface area contributed by atoms with Gasteiger partial charge in [0.2, 0.25) is 0 Å². The second kappa shape index (κ2) is 4.70. The zero-order valence-corrected chi connectivity index (χ0v) is 7.28. The molecule has 0 saturated carbocycles. The van der Waals surface area contributed by atoms with E-state index in [1.807, 2.05) is 0 Å². The lowest BCUT2D eigenvalue weighted by Crippen LogP contribution is -2.37. The van der Waals surface area contributed by atoms with Gasteiger partial charge >= 0.3 is 0 Å². The van der Waals surface area contributed by atoms with Crippen LogP contribution >= 0.6 is 0 Å². The van der Waals surface area contributed by atoms with E-state index in [1.165, 1.54) is 12.8 Å². The van der Waals surface area contributed by atoms with Gasteiger partial charge < -0.3 is 5.32 Å². The Morgan fingerprint density at radius 3 is 2.73 bits per heavy atom. The Morgan fingerprint density at radius 1 is 1.36 bits per heavy atom. The molecule has 1 saturated heterocycles. The van der Waals surface area contributed by atoms with Crippen molar-refractivity contribution in [2.45, 2.75) is 26.2 Å². The Morgan fingerprint density at radius 2 is 2.09 bits per heavy atom. The average molecular weight is 159 g/mol. The van der Waals surface area contributed by atoms with E-state index < -0.39 is 0 Å². The van der Waals surface area contributed by atoms with E-state index in [-0.39, 0.29) is 6.67 Å². The highest BCUT2D eigenvalue weighted by Crippen LogP contribution is 2.20. The Hall–Kier alpha value is -0.110. The van der Waals surface area contributed by atoms with Gasteiger partial charge in [-0.2, -0.15) is 0 Å². The standard InChI is InChI=1S/C9H18FN/c1-2-3-8-4-9(5-10)7-11-6-8/h8-9,11H,2-7H2,1H3/t8?,9-/m1/s1. The van der Waals surface area contributed by atoms with Crippen LogP contribution in [0.5, 0.6) is 0 Å². The highest BCUT2D eigenvalue weighted by atomic mass is 19.1. The zero-order valence-electron chi connectivity index (χ0n) is 7.28. The average Bonchev–Trinajstić information content (AvgIpc) is 2.06. The molecule has 0 aromatic heterocycles. The first-order chi connectivity index (χ1) is 5.36. The summed E-state index contributed by atoms with van der Waals surface area (Å²) in [5.41, 5.74) is 0. The van der Waals surface area contributed by atoms with Crippen molar-refractivity contribution >= 4 is 0 Å². The molecule has 2 heteroatoms. The summed E-state index contributed by atoms with van der Waals surface area (Å²) in [4.78, 5) is 0. The Kier molecular flexibility index (Phi) is 3.84. The van der Waals surface area contributed by atoms with E-state index in [0.717, 1.165) is 25.4 Å². The highest BCUT2D eigenvalue weighted by Gasteiger charge is 2.20. The van der Waals surface area contributed by atoms with Crippen LogP contribution in [0.2, 0.25) is 0 Å². The summed E-state index contributed by atoms with van der Waals surface area (Å²) >= 11 is 0. The predicted molar refractivity (Wildman–Crippen MR) is 45.3 cm³/mol. The molecular weight excluding hydrogens is 141 g/mol. The van der Waals surface area contributed by atoms with Gasteiger partial charge in [-0.3, -0.25) is 4.39 Å². The second-order valence-corrected chi connectivity index (χ2v) is 3.57. The predicted octanol–water partition coefficient (Wildman–Crippen LogP) is 1.98. The van der Waals surface area contributed by atoms with E-state index in [2.05, 4.69) is 12.2 Å². The molecule has 0 aromatic rings. The zero-order chi connectivity index (χ0) is 8.10. The van der Waals surface area contributed by atoms with Crippen molar-refractivity contribution in [1.29, 1.82) is 0 Å². The maximum Gasteiger partial charge on any atom is 0.0934 e. The summed E-state index contributed by atoms with van der Waals surface area (Å²) in [5.74, 6) is 1.02. The first-order valence-corrected chi connectivity index (χ1v) is 4.63. The van der Waals surface area contributed by atoms with E-state index >= 15 is 0 Å². The van der Waals surface area contributed by atoms with Crippen LogP contribution in [0.4, 0.5) is 4.39 Å². The van der Waals surface area contributed by atoms with E-state index in [9.17, 15) is 4.39 Å². The number of hydrogen-bond donors (Lipinski definition) is 1. The van der Waals surface area contributed by atoms with Crippen molar-refractivity contribution in [2.24, 2.45) is 11.8 Å². The van der Waals surface area contributed by atoms with Crippen molar-refractivity contribution in [2.75, 3.05) is 19.8 Å². The molecular formula is C9H18FN. The lowest BCUT2D eigenvalue weighted by atomic mass is 9.88. The molecule has 1 rings (SSSR count). The van der Waals surface area contributed by atoms with Gasteiger partial charge in [-0.1, -0.05) is 13.3 Å². The number of rotatable bonds is 3. The number of halogens is 1. The van der Waals surface area contributed by atoms with Crippen LogP contribution in [0.1, 0.15) is 26.2 Å². The number of piperidine rings is 1. The van der Waals surface area contributed by atoms with Crippen LogP contribution in [0.3, 0.4) is 0 Å². The summed E-state index contributed by atoms with van der Waals surface area (Å²) in [6.45, 7) is 4.04. The van der Waals surface area contributed by atoms with Crippen molar-refractivity contribution < 1.29 is 4.39 Å². The van der Waals surface area contributed by atoms with Gasteiger partial charge in [0.15, 0.2) is 0 Å². The SMILES string of the molecule is CCCC1CNC[C@@H](CF)C1. The van der Waals surface area contributed by atoms with Gasteiger partial charge in [0.05, 0.1) is 6.67 Å². The summed E-state index contributed by atoms with van der Waals surface area (Å²) in [6.07, 6.45) is 3.58. The first-order valence-electron chi connectivity index (χ1n) is 4.63. The van der Waals surface area contributed by atoms with Crippen molar-refractivity contribution in [3.8, 4) is 0 Å². The van der Waals surface area contributed by atoms with E-state index in [4.69, 9.17) is 0 Å². The summed E-state index contributed by atoms with van der Waals surface area (Å²) in [6, 6.07) is 0. The van der Waals surface area contributed by atoms with Crippen LogP contribution < -0.4 is 5.32 Å². The van der Waals surface area contributed by atoms with E-state index in [0.29, 0.717) is 5.92 Å². The topological polar surface area (TPSA) is 12.0 Å². The summed E-state index contributed by atoms with van der Waals surface area (Å²) < 4.78 is 12.3. The quantitative estimate of drug-likeness (QED) is 0.664. The van der Waals surface area contributed by atoms with Crippen molar-refractivity contribution in [3.05, 3.63) is 0 Å². The molecule has 1 unspecified atom stereocenters. The van der Waals surface area contributed by atoms with Crippen LogP contribution in [0.15, 0.2) is 0 Å². The second-order valence-electron chi connectivity index (χ2n) is 3.57. The fourth-order valence-corrected chi connectivity index (χ4v) is 1.88. The number of alkyl halides is 1. The normalized spacial score (nSPS) is 32.2. The molecule has 1 aliphatic heterocycles. The lowest BCUT2D eigenvalue weighted by Gasteiger charge is -2.27. The molecule has 1 N–H and O–H groups in total. The largest absolute Gasteiger partial charge is 0.316 e. The molecule has 0 spiro atoms. The third-order valence-electron chi connectivity index (χ3n) is 2.45. The molecule has 0 aromatic carbocycles. The number of hydrogen-bond acceptors (Lipinski definition) is 1. The molecule has 0 radical (unpaired) electrons. The molecule has 1 aliphatic rings. The van der Waals surface area contributed by atoms with Gasteiger partial charge in [-0.25, -0.2) is 0 Å². The molecule has 1 nitrogen and oxygen atoms in total. The molecule has 1 heterocycles. The molecule has 0 bridgehead atoms. The van der Waals surface area contributed by atoms with Gasteiger partial charge in [-0.05, 0) is 25.3 Å². The Labute approximate surface area is 68.4 Å². The van der Waals surface area contributed by atoms with Gasteiger partial charge in [0.25, 0.3) is 0 Å². The minimum atomic E-state index is -0.146. The first kappa shape index (κ1) is 8.98. The maximum atomic E-state index is 12.3. The lowest BCUT2D eigenvalue weighted by molar-refractivity contribution is 0.231. The molecule has 1 fully saturated rings. The highest BCUT2D eigenvalue weighted by molar-refractivity contribution is 4.75. The Balaban J connectivity index is 2.21. The van der Waals surface area contributed by atoms with E-state index in [1.54, 1.807) is 0 Å². The third kappa shape index (κ3) is 2.78. The van der Waals surface area contributed by atoms with Crippen LogP contribution in [-0.2, 0) is 0 Å². The molecule has 0 aliphatic carbocycles. The monoisotopic (exact) mass is 159 g/mol. The van der Waals surface area contributed by atoms with Crippen molar-refractivity contribution in [3.63, 3.8) is 0 Å². The minimum absolute atomic E-state index is 0.146. The summed E-state index contributed by atoms with van der Waals surface area (Å²) in [5, 5.41) is 3.28. The number of nitrogens with one attached hydrogen (secondary N) is 1. The fraction of sp³-hybridized carbons (Fsp3) is 1.00. The summed E-state index contributed by atoms with van der Waals surface area (Å²) in [7, 11) is 0. The van der Waals surface area contributed by atoms with Gasteiger partial charge in [-0.15, -0.1) is 0 Å². The van der Waals surface area contributed by atoms with Crippen LogP contribution in [0, 0.1) is 11.8 Å². The van der Waals surface area contributed by atoms with Crippen molar-refractivity contribution in [1.82, 2.24) is 5.32 Å². The Bertz CT molecular complexity index is 104. The minimum Gasteiger partial charge on any atom is -0.316 e. The van der Waals surface area contributed by atoms with Gasteiger partial charge in [0, 0.05) is 12.5 Å². The van der Waals surface area contributed by atoms with Crippen LogP contribution in [0.25, 0.3) is 0 Å². The maximum absolute atomic E-state index is 12.3. The van der Waals surface area contributed by atoms with Gasteiger partial charge in [0.1, 0.15) is 0 Å². The molecule has 2 atom stereocenters.